The van der Waals surface area contributed by atoms with Crippen molar-refractivity contribution in [3.05, 3.63) is 139 Å². The number of imidazole rings is 2. The fourth-order valence-electron chi connectivity index (χ4n) is 6.64. The molecule has 6 aromatic heterocycles. The first kappa shape index (κ1) is 37.5. The van der Waals surface area contributed by atoms with E-state index < -0.39 is 0 Å². The summed E-state index contributed by atoms with van der Waals surface area (Å²) < 4.78 is 41.5. The summed E-state index contributed by atoms with van der Waals surface area (Å²) in [6.45, 7) is 1.03. The Morgan fingerprint density at radius 3 is 1.83 bits per heavy atom. The first-order valence-electron chi connectivity index (χ1n) is 19.2. The van der Waals surface area contributed by atoms with Crippen LogP contribution >= 0.6 is 34.8 Å². The number of aromatic amines is 1. The summed E-state index contributed by atoms with van der Waals surface area (Å²) >= 11 is 17.5. The maximum absolute atomic E-state index is 12.7. The monoisotopic (exact) mass is 862 g/mol. The fourth-order valence-corrected chi connectivity index (χ4v) is 7.00. The maximum atomic E-state index is 12.7. The van der Waals surface area contributed by atoms with E-state index in [1.165, 1.54) is 17.2 Å². The number of H-pyrrole nitrogens is 1. The number of hydrogen-bond donors (Lipinski definition) is 1. The Morgan fingerprint density at radius 1 is 0.746 bits per heavy atom. The minimum absolute atomic E-state index is 0.0203. The van der Waals surface area contributed by atoms with E-state index >= 15 is 0 Å². The predicted molar refractivity (Wildman–Crippen MR) is 214 cm³/mol. The average Bonchev–Trinajstić information content (AvgIpc) is 4.11. The van der Waals surface area contributed by atoms with Crippen molar-refractivity contribution in [1.82, 2.24) is 58.9 Å². The number of nitrogens with zero attached hydrogens (tertiary/aromatic N) is 11. The SMILES string of the molecule is ClCc1nc([C@@H]2CO[C@@H](c3ccc(Cl)cc3)C2)no1.[2H]c1nc2ncn(C)c2c(=O)[nH]1.[2H]c1nc2ncn(C)c2c(=O)n1Cc1nc([C@@H]2CO[C@@H](c3ccc(Cl)cc3)C2)no1. The highest BCUT2D eigenvalue weighted by Gasteiger charge is 2.32. The van der Waals surface area contributed by atoms with E-state index in [1.807, 2.05) is 48.5 Å². The summed E-state index contributed by atoms with van der Waals surface area (Å²) in [6, 6.07) is 15.3. The fraction of sp³-hybridized carbons (Fsp3) is 0.316. The molecule has 0 radical (unpaired) electrons. The van der Waals surface area contributed by atoms with Gasteiger partial charge in [0.15, 0.2) is 34.0 Å². The van der Waals surface area contributed by atoms with Crippen molar-refractivity contribution in [3.8, 4) is 0 Å². The number of alkyl halides is 1. The lowest BCUT2D eigenvalue weighted by Gasteiger charge is -2.09. The van der Waals surface area contributed by atoms with E-state index in [0.29, 0.717) is 58.9 Å². The predicted octanol–water partition coefficient (Wildman–Crippen LogP) is 5.82. The van der Waals surface area contributed by atoms with Crippen LogP contribution in [0.25, 0.3) is 22.3 Å². The third kappa shape index (κ3) is 8.96. The third-order valence-corrected chi connectivity index (χ3v) is 10.4. The second kappa shape index (κ2) is 17.6. The average molecular weight is 864 g/mol. The molecule has 0 unspecified atom stereocenters. The molecule has 1 N–H and O–H groups in total. The van der Waals surface area contributed by atoms with Gasteiger partial charge in [0, 0.05) is 36.0 Å². The van der Waals surface area contributed by atoms with E-state index in [2.05, 4.69) is 45.2 Å². The van der Waals surface area contributed by atoms with Crippen molar-refractivity contribution in [2.24, 2.45) is 14.1 Å². The van der Waals surface area contributed by atoms with E-state index in [-0.39, 0.29) is 71.7 Å². The molecule has 0 amide bonds. The van der Waals surface area contributed by atoms with Crippen LogP contribution in [-0.2, 0) is 36.0 Å². The van der Waals surface area contributed by atoms with Gasteiger partial charge in [-0.3, -0.25) is 14.2 Å². The minimum atomic E-state index is -0.378. The van der Waals surface area contributed by atoms with Crippen molar-refractivity contribution in [2.45, 2.75) is 49.3 Å². The van der Waals surface area contributed by atoms with Gasteiger partial charge in [-0.2, -0.15) is 9.97 Å². The molecule has 2 saturated heterocycles. The van der Waals surface area contributed by atoms with Crippen LogP contribution in [0, 0.1) is 0 Å². The van der Waals surface area contributed by atoms with Crippen LogP contribution in [0.2, 0.25) is 10.0 Å². The summed E-state index contributed by atoms with van der Waals surface area (Å²) in [4.78, 5) is 50.6. The van der Waals surface area contributed by atoms with Gasteiger partial charge in [-0.05, 0) is 48.2 Å². The van der Waals surface area contributed by atoms with Gasteiger partial charge in [-0.15, -0.1) is 11.6 Å². The van der Waals surface area contributed by atoms with Crippen LogP contribution in [0.3, 0.4) is 0 Å². The number of aromatic nitrogens is 12. The van der Waals surface area contributed by atoms with Crippen LogP contribution in [0.5, 0.6) is 0 Å². The number of rotatable bonds is 7. The van der Waals surface area contributed by atoms with E-state index in [1.54, 1.807) is 23.2 Å². The Morgan fingerprint density at radius 2 is 1.27 bits per heavy atom. The number of benzene rings is 2. The van der Waals surface area contributed by atoms with Crippen molar-refractivity contribution in [1.29, 1.82) is 0 Å². The number of nitrogens with one attached hydrogen (secondary N) is 1. The lowest BCUT2D eigenvalue weighted by Crippen LogP contribution is -2.22. The maximum Gasteiger partial charge on any atom is 0.280 e. The summed E-state index contributed by atoms with van der Waals surface area (Å²) in [6.07, 6.45) is 4.16. The van der Waals surface area contributed by atoms with Gasteiger partial charge in [0.2, 0.25) is 11.8 Å². The van der Waals surface area contributed by atoms with Crippen molar-refractivity contribution >= 4 is 57.1 Å². The molecule has 8 heterocycles. The van der Waals surface area contributed by atoms with Crippen molar-refractivity contribution in [2.75, 3.05) is 13.2 Å². The number of aryl methyl sites for hydroxylation is 2. The molecule has 0 spiro atoms. The molecule has 59 heavy (non-hydrogen) atoms. The summed E-state index contributed by atoms with van der Waals surface area (Å²) in [7, 11) is 3.41. The first-order chi connectivity index (χ1) is 29.4. The molecular weight excluding hydrogens is 827 g/mol. The molecular formula is C38H35Cl3N12O6. The molecule has 2 fully saturated rings. The topological polar surface area (TPSA) is 213 Å². The van der Waals surface area contributed by atoms with Gasteiger partial charge >= 0.3 is 0 Å². The Hall–Kier alpha value is -5.79. The van der Waals surface area contributed by atoms with Crippen LogP contribution in [0.1, 0.15) is 74.2 Å². The molecule has 8 aromatic rings. The zero-order valence-electron chi connectivity index (χ0n) is 33.3. The number of hydrogen-bond acceptors (Lipinski definition) is 14. The standard InChI is InChI=1S/C19H17ClN6O3.C13H12Cl2N2O2.C6H6N4O/c1-25-9-21-18-16(25)19(27)26(10-22-18)7-15-23-17(24-29-15)12-6-14(28-8-12)11-2-4-13(20)5-3-11;14-6-12-16-13(17-19-12)9-5-11(18-7-9)8-1-3-10(15)4-2-8;1-10-3-9-5-4(10)6(11)8-2-7-5/h2-5,9-10,12,14H,6-8H2,1H3;1-4,9,11H,5-7H2;2-3H,1H3,(H,7,8,11)/t12-,14+;9-,11+;/m00./s1/i10D;;2D. The van der Waals surface area contributed by atoms with Crippen LogP contribution in [0.4, 0.5) is 0 Å². The van der Waals surface area contributed by atoms with Crippen LogP contribution in [0.15, 0.2) is 92.4 Å². The Balaban J connectivity index is 0.000000141. The highest BCUT2D eigenvalue weighted by molar-refractivity contribution is 6.30. The zero-order valence-corrected chi connectivity index (χ0v) is 33.6. The highest BCUT2D eigenvalue weighted by atomic mass is 35.5. The lowest BCUT2D eigenvalue weighted by atomic mass is 10.0. The summed E-state index contributed by atoms with van der Waals surface area (Å²) in [5.41, 5.74) is 2.73. The normalized spacial score (nSPS) is 19.3. The number of ether oxygens (including phenoxy) is 2. The third-order valence-electron chi connectivity index (χ3n) is 9.69. The van der Waals surface area contributed by atoms with Gasteiger partial charge in [0.05, 0.1) is 44.4 Å². The number of fused-ring (bicyclic) bond motifs is 2. The molecule has 2 aliphatic heterocycles. The molecule has 10 rings (SSSR count). The quantitative estimate of drug-likeness (QED) is 0.187. The largest absolute Gasteiger partial charge is 0.373 e. The van der Waals surface area contributed by atoms with E-state index in [9.17, 15) is 9.59 Å². The molecule has 304 valence electrons. The van der Waals surface area contributed by atoms with Gasteiger partial charge in [0.1, 0.15) is 21.5 Å². The molecule has 18 nitrogen and oxygen atoms in total. The Kier molecular flexibility index (Phi) is 11.2. The molecule has 0 saturated carbocycles. The summed E-state index contributed by atoms with van der Waals surface area (Å²) in [5, 5.41) is 9.41. The molecule has 21 heteroatoms. The van der Waals surface area contributed by atoms with Gasteiger partial charge in [-0.25, -0.2) is 19.9 Å². The highest BCUT2D eigenvalue weighted by Crippen LogP contribution is 2.38. The lowest BCUT2D eigenvalue weighted by molar-refractivity contribution is 0.110. The zero-order chi connectivity index (χ0) is 42.8. The second-order valence-electron chi connectivity index (χ2n) is 13.7. The van der Waals surface area contributed by atoms with Gasteiger partial charge in [0.25, 0.3) is 11.1 Å². The smallest absolute Gasteiger partial charge is 0.280 e. The first-order valence-corrected chi connectivity index (χ1v) is 19.4. The molecule has 2 aliphatic rings. The number of halogens is 3. The van der Waals surface area contributed by atoms with Crippen molar-refractivity contribution < 1.29 is 21.3 Å². The van der Waals surface area contributed by atoms with Gasteiger partial charge in [-0.1, -0.05) is 57.8 Å². The van der Waals surface area contributed by atoms with Crippen LogP contribution < -0.4 is 11.1 Å². The van der Waals surface area contributed by atoms with Crippen LogP contribution in [-0.4, -0.2) is 72.1 Å². The van der Waals surface area contributed by atoms with E-state index in [0.717, 1.165) is 22.6 Å². The molecule has 4 atom stereocenters. The minimum Gasteiger partial charge on any atom is -0.373 e. The van der Waals surface area contributed by atoms with Gasteiger partial charge < -0.3 is 32.6 Å². The molecule has 2 aromatic carbocycles. The Bertz CT molecular complexity index is 2920. The molecule has 0 aliphatic carbocycles. The summed E-state index contributed by atoms with van der Waals surface area (Å²) in [5.74, 6) is 2.25. The Labute approximate surface area is 351 Å². The second-order valence-corrected chi connectivity index (χ2v) is 14.8. The molecule has 0 bridgehead atoms. The van der Waals surface area contributed by atoms with Crippen molar-refractivity contribution in [3.63, 3.8) is 0 Å². The van der Waals surface area contributed by atoms with E-state index in [4.69, 9.17) is 56.1 Å².